The lowest BCUT2D eigenvalue weighted by Crippen LogP contribution is -2.33. The molecule has 1 saturated carbocycles. The van der Waals surface area contributed by atoms with Crippen LogP contribution in [0.2, 0.25) is 0 Å². The van der Waals surface area contributed by atoms with E-state index in [4.69, 9.17) is 0 Å². The topological polar surface area (TPSA) is 12.0 Å². The van der Waals surface area contributed by atoms with Crippen molar-refractivity contribution >= 4 is 0 Å². The van der Waals surface area contributed by atoms with Gasteiger partial charge in [0.25, 0.3) is 0 Å². The molecule has 0 spiro atoms. The van der Waals surface area contributed by atoms with Crippen LogP contribution < -0.4 is 5.32 Å². The Hall–Kier alpha value is -1.03. The number of alkyl halides is 3. The Labute approximate surface area is 124 Å². The second kappa shape index (κ2) is 6.39. The second-order valence-corrected chi connectivity index (χ2v) is 6.28. The van der Waals surface area contributed by atoms with Crippen molar-refractivity contribution in [1.29, 1.82) is 0 Å². The van der Waals surface area contributed by atoms with Crippen LogP contribution in [0.3, 0.4) is 0 Å². The predicted octanol–water partition coefficient (Wildman–Crippen LogP) is 5.33. The van der Waals surface area contributed by atoms with E-state index in [9.17, 15) is 13.2 Å². The van der Waals surface area contributed by atoms with Crippen LogP contribution in [-0.4, -0.2) is 6.54 Å². The van der Waals surface area contributed by atoms with Crippen molar-refractivity contribution in [3.8, 4) is 0 Å². The highest BCUT2D eigenvalue weighted by atomic mass is 19.4. The van der Waals surface area contributed by atoms with Crippen molar-refractivity contribution in [2.75, 3.05) is 6.54 Å². The van der Waals surface area contributed by atoms with Crippen molar-refractivity contribution < 1.29 is 13.2 Å². The highest BCUT2D eigenvalue weighted by molar-refractivity contribution is 5.26. The lowest BCUT2D eigenvalue weighted by Gasteiger charge is -2.30. The van der Waals surface area contributed by atoms with Gasteiger partial charge in [0.15, 0.2) is 0 Å². The van der Waals surface area contributed by atoms with Gasteiger partial charge in [-0.15, -0.1) is 0 Å². The first-order chi connectivity index (χ1) is 9.86. The molecule has 1 unspecified atom stereocenters. The minimum absolute atomic E-state index is 0.0799. The molecule has 1 aliphatic rings. The van der Waals surface area contributed by atoms with Crippen LogP contribution in [-0.2, 0) is 6.18 Å². The summed E-state index contributed by atoms with van der Waals surface area (Å²) in [5.74, 6) is 0. The maximum Gasteiger partial charge on any atom is 0.416 e. The quantitative estimate of drug-likeness (QED) is 0.775. The van der Waals surface area contributed by atoms with Gasteiger partial charge in [-0.2, -0.15) is 13.2 Å². The molecule has 21 heavy (non-hydrogen) atoms. The third-order valence-corrected chi connectivity index (χ3v) is 4.94. The molecule has 1 nitrogen and oxygen atoms in total. The van der Waals surface area contributed by atoms with Gasteiger partial charge in [-0.1, -0.05) is 31.9 Å². The van der Waals surface area contributed by atoms with E-state index < -0.39 is 11.7 Å². The molecule has 1 fully saturated rings. The number of rotatable bonds is 5. The average Bonchev–Trinajstić information content (AvgIpc) is 2.93. The number of hydrogen-bond acceptors (Lipinski definition) is 1. The van der Waals surface area contributed by atoms with Crippen LogP contribution in [0.4, 0.5) is 13.2 Å². The minimum atomic E-state index is -4.26. The summed E-state index contributed by atoms with van der Waals surface area (Å²) in [5, 5.41) is 3.51. The van der Waals surface area contributed by atoms with Crippen LogP contribution in [0.15, 0.2) is 24.3 Å². The molecule has 0 saturated heterocycles. The van der Waals surface area contributed by atoms with E-state index >= 15 is 0 Å². The summed E-state index contributed by atoms with van der Waals surface area (Å²) in [7, 11) is 0. The summed E-state index contributed by atoms with van der Waals surface area (Å²) in [6.45, 7) is 5.20. The summed E-state index contributed by atoms with van der Waals surface area (Å²) in [5.41, 5.74) is 0.715. The predicted molar refractivity (Wildman–Crippen MR) is 79.1 cm³/mol. The summed E-state index contributed by atoms with van der Waals surface area (Å²) in [6.07, 6.45) is 2.02. The molecule has 0 aromatic heterocycles. The van der Waals surface area contributed by atoms with Crippen LogP contribution in [0.1, 0.15) is 63.1 Å². The average molecular weight is 299 g/mol. The summed E-state index contributed by atoms with van der Waals surface area (Å²) < 4.78 is 37.7. The van der Waals surface area contributed by atoms with Crippen molar-refractivity contribution in [2.24, 2.45) is 5.41 Å². The lowest BCUT2D eigenvalue weighted by molar-refractivity contribution is -0.137. The molecule has 0 amide bonds. The fourth-order valence-corrected chi connectivity index (χ4v) is 3.23. The van der Waals surface area contributed by atoms with Crippen LogP contribution in [0.5, 0.6) is 0 Å². The maximum atomic E-state index is 12.6. The Morgan fingerprint density at radius 1 is 1.14 bits per heavy atom. The van der Waals surface area contributed by atoms with E-state index in [0.29, 0.717) is 5.41 Å². The summed E-state index contributed by atoms with van der Waals surface area (Å²) >= 11 is 0. The molecular weight excluding hydrogens is 275 g/mol. The molecule has 1 aromatic rings. The molecule has 1 N–H and O–H groups in total. The van der Waals surface area contributed by atoms with Crippen molar-refractivity contribution in [3.05, 3.63) is 35.4 Å². The molecule has 1 atom stereocenters. The molecule has 2 rings (SSSR count). The molecule has 118 valence electrons. The van der Waals surface area contributed by atoms with Crippen molar-refractivity contribution in [1.82, 2.24) is 5.32 Å². The van der Waals surface area contributed by atoms with Gasteiger partial charge in [-0.25, -0.2) is 0 Å². The summed E-state index contributed by atoms with van der Waals surface area (Å²) in [6, 6.07) is 5.56. The largest absolute Gasteiger partial charge is 0.416 e. The van der Waals surface area contributed by atoms with Gasteiger partial charge in [0.2, 0.25) is 0 Å². The SMILES string of the molecule is CCC1(CNC(C)c2ccc(C(F)(F)F)cc2)CCCC1. The molecule has 0 heterocycles. The third-order valence-electron chi connectivity index (χ3n) is 4.94. The van der Waals surface area contributed by atoms with Gasteiger partial charge in [0.05, 0.1) is 5.56 Å². The second-order valence-electron chi connectivity index (χ2n) is 6.28. The molecule has 4 heteroatoms. The number of benzene rings is 1. The zero-order valence-electron chi connectivity index (χ0n) is 12.8. The highest BCUT2D eigenvalue weighted by Crippen LogP contribution is 2.40. The van der Waals surface area contributed by atoms with E-state index in [1.165, 1.54) is 44.2 Å². The first-order valence-electron chi connectivity index (χ1n) is 7.77. The number of halogens is 3. The van der Waals surface area contributed by atoms with E-state index in [0.717, 1.165) is 12.1 Å². The Kier molecular flexibility index (Phi) is 4.97. The van der Waals surface area contributed by atoms with Gasteiger partial charge in [0.1, 0.15) is 0 Å². The Balaban J connectivity index is 1.95. The minimum Gasteiger partial charge on any atom is -0.310 e. The molecule has 0 aliphatic heterocycles. The number of nitrogens with one attached hydrogen (secondary N) is 1. The smallest absolute Gasteiger partial charge is 0.310 e. The first-order valence-corrected chi connectivity index (χ1v) is 7.77. The van der Waals surface area contributed by atoms with Crippen LogP contribution in [0, 0.1) is 5.41 Å². The normalized spacial score (nSPS) is 19.7. The van der Waals surface area contributed by atoms with Gasteiger partial charge < -0.3 is 5.32 Å². The maximum absolute atomic E-state index is 12.6. The highest BCUT2D eigenvalue weighted by Gasteiger charge is 2.32. The van der Waals surface area contributed by atoms with Crippen molar-refractivity contribution in [3.63, 3.8) is 0 Å². The zero-order chi connectivity index (χ0) is 15.5. The number of hydrogen-bond donors (Lipinski definition) is 1. The van der Waals surface area contributed by atoms with Crippen molar-refractivity contribution in [2.45, 2.75) is 58.2 Å². The molecular formula is C17H24F3N. The fraction of sp³-hybridized carbons (Fsp3) is 0.647. The van der Waals surface area contributed by atoms with E-state index in [2.05, 4.69) is 12.2 Å². The van der Waals surface area contributed by atoms with Gasteiger partial charge in [-0.05, 0) is 49.3 Å². The Morgan fingerprint density at radius 3 is 2.19 bits per heavy atom. The molecule has 0 bridgehead atoms. The first kappa shape index (κ1) is 16.3. The Bertz CT molecular complexity index is 444. The Morgan fingerprint density at radius 2 is 1.71 bits per heavy atom. The lowest BCUT2D eigenvalue weighted by atomic mass is 9.83. The van der Waals surface area contributed by atoms with Gasteiger partial charge in [0, 0.05) is 12.6 Å². The van der Waals surface area contributed by atoms with Gasteiger partial charge in [-0.3, -0.25) is 0 Å². The van der Waals surface area contributed by atoms with E-state index in [1.54, 1.807) is 12.1 Å². The van der Waals surface area contributed by atoms with Crippen LogP contribution >= 0.6 is 0 Å². The molecule has 1 aromatic carbocycles. The monoisotopic (exact) mass is 299 g/mol. The van der Waals surface area contributed by atoms with Crippen LogP contribution in [0.25, 0.3) is 0 Å². The summed E-state index contributed by atoms with van der Waals surface area (Å²) in [4.78, 5) is 0. The standard InChI is InChI=1S/C17H24F3N/c1-3-16(10-4-5-11-16)12-21-13(2)14-6-8-15(9-7-14)17(18,19)20/h6-9,13,21H,3-5,10-12H2,1-2H3. The molecule has 1 aliphatic carbocycles. The van der Waals surface area contributed by atoms with E-state index in [1.807, 2.05) is 6.92 Å². The molecule has 0 radical (unpaired) electrons. The van der Waals surface area contributed by atoms with Gasteiger partial charge >= 0.3 is 6.18 Å². The fourth-order valence-electron chi connectivity index (χ4n) is 3.23. The zero-order valence-corrected chi connectivity index (χ0v) is 12.8. The van der Waals surface area contributed by atoms with E-state index in [-0.39, 0.29) is 6.04 Å². The third kappa shape index (κ3) is 4.00.